The van der Waals surface area contributed by atoms with Crippen LogP contribution < -0.4 is 10.2 Å². The van der Waals surface area contributed by atoms with E-state index in [-0.39, 0.29) is 24.2 Å². The zero-order chi connectivity index (χ0) is 18.1. The zero-order valence-corrected chi connectivity index (χ0v) is 16.3. The van der Waals surface area contributed by atoms with Crippen molar-refractivity contribution in [3.8, 4) is 0 Å². The van der Waals surface area contributed by atoms with Crippen LogP contribution in [-0.2, 0) is 9.59 Å². The minimum Gasteiger partial charge on any atom is -0.325 e. The molecule has 6 heteroatoms. The number of hydrogen-bond donors (Lipinski definition) is 1. The van der Waals surface area contributed by atoms with Gasteiger partial charge in [0.25, 0.3) is 0 Å². The van der Waals surface area contributed by atoms with Crippen LogP contribution in [0.1, 0.15) is 17.5 Å². The number of benzene rings is 2. The molecular weight excluding hydrogens is 404 g/mol. The average Bonchev–Trinajstić information content (AvgIpc) is 2.94. The quantitative estimate of drug-likeness (QED) is 0.780. The van der Waals surface area contributed by atoms with Crippen LogP contribution in [0.25, 0.3) is 0 Å². The minimum atomic E-state index is -0.380. The number of nitrogens with zero attached hydrogens (tertiary/aromatic N) is 1. The number of rotatable bonds is 3. The number of amides is 2. The molecule has 2 aromatic carbocycles. The highest BCUT2D eigenvalue weighted by molar-refractivity contribution is 9.10. The Kier molecular flexibility index (Phi) is 5.16. The SMILES string of the molecule is Cc1cccc(N2C[C@@H](C(=O)Nc3cc(Cl)c(Br)cc3C)CC2=O)c1. The lowest BCUT2D eigenvalue weighted by Crippen LogP contribution is -2.28. The summed E-state index contributed by atoms with van der Waals surface area (Å²) in [5.41, 5.74) is 3.49. The Bertz CT molecular complexity index is 853. The molecule has 25 heavy (non-hydrogen) atoms. The zero-order valence-electron chi connectivity index (χ0n) is 14.0. The van der Waals surface area contributed by atoms with Crippen molar-refractivity contribution in [2.45, 2.75) is 20.3 Å². The van der Waals surface area contributed by atoms with E-state index >= 15 is 0 Å². The van der Waals surface area contributed by atoms with Crippen LogP contribution in [0.15, 0.2) is 40.9 Å². The van der Waals surface area contributed by atoms with Crippen molar-refractivity contribution in [1.82, 2.24) is 0 Å². The van der Waals surface area contributed by atoms with Crippen LogP contribution in [0.3, 0.4) is 0 Å². The topological polar surface area (TPSA) is 49.4 Å². The second-order valence-electron chi connectivity index (χ2n) is 6.31. The van der Waals surface area contributed by atoms with Gasteiger partial charge in [0.1, 0.15) is 0 Å². The molecule has 0 aliphatic carbocycles. The van der Waals surface area contributed by atoms with Gasteiger partial charge in [0.2, 0.25) is 11.8 Å². The van der Waals surface area contributed by atoms with Crippen molar-refractivity contribution in [2.75, 3.05) is 16.8 Å². The van der Waals surface area contributed by atoms with Crippen molar-refractivity contribution in [3.05, 3.63) is 57.0 Å². The van der Waals surface area contributed by atoms with E-state index in [0.29, 0.717) is 17.3 Å². The molecule has 1 heterocycles. The largest absolute Gasteiger partial charge is 0.325 e. The third-order valence-corrected chi connectivity index (χ3v) is 5.53. The van der Waals surface area contributed by atoms with Crippen LogP contribution in [0.2, 0.25) is 5.02 Å². The molecule has 0 bridgehead atoms. The molecule has 3 rings (SSSR count). The summed E-state index contributed by atoms with van der Waals surface area (Å²) in [6.07, 6.45) is 0.211. The number of carbonyl (C=O) groups excluding carboxylic acids is 2. The molecule has 1 saturated heterocycles. The predicted molar refractivity (Wildman–Crippen MR) is 104 cm³/mol. The Hall–Kier alpha value is -1.85. The van der Waals surface area contributed by atoms with Crippen molar-refractivity contribution < 1.29 is 9.59 Å². The van der Waals surface area contributed by atoms with Gasteiger partial charge < -0.3 is 10.2 Å². The fourth-order valence-corrected chi connectivity index (χ4v) is 3.57. The molecule has 1 aliphatic heterocycles. The van der Waals surface area contributed by atoms with Crippen molar-refractivity contribution in [1.29, 1.82) is 0 Å². The lowest BCUT2D eigenvalue weighted by Gasteiger charge is -2.17. The number of halogens is 2. The molecule has 2 aromatic rings. The van der Waals surface area contributed by atoms with Gasteiger partial charge in [-0.1, -0.05) is 23.7 Å². The standard InChI is InChI=1S/C19H18BrClN2O2/c1-11-4-3-5-14(6-11)23-10-13(8-18(23)24)19(25)22-17-9-16(21)15(20)7-12(17)2/h3-7,9,13H,8,10H2,1-2H3,(H,22,25)/t13-/m0/s1. The highest BCUT2D eigenvalue weighted by atomic mass is 79.9. The number of carbonyl (C=O) groups is 2. The third-order valence-electron chi connectivity index (χ3n) is 4.33. The lowest BCUT2D eigenvalue weighted by atomic mass is 10.1. The Labute approximate surface area is 160 Å². The van der Waals surface area contributed by atoms with Crippen molar-refractivity contribution in [2.24, 2.45) is 5.92 Å². The first kappa shape index (κ1) is 18.0. The second kappa shape index (κ2) is 7.18. The van der Waals surface area contributed by atoms with Gasteiger partial charge in [0.15, 0.2) is 0 Å². The van der Waals surface area contributed by atoms with Crippen LogP contribution in [0.5, 0.6) is 0 Å². The van der Waals surface area contributed by atoms with E-state index in [9.17, 15) is 9.59 Å². The monoisotopic (exact) mass is 420 g/mol. The Morgan fingerprint density at radius 3 is 2.76 bits per heavy atom. The van der Waals surface area contributed by atoms with E-state index in [1.807, 2.05) is 44.2 Å². The highest BCUT2D eigenvalue weighted by Crippen LogP contribution is 2.31. The Morgan fingerprint density at radius 1 is 1.28 bits per heavy atom. The maximum absolute atomic E-state index is 12.6. The first-order valence-corrected chi connectivity index (χ1v) is 9.16. The minimum absolute atomic E-state index is 0.0312. The second-order valence-corrected chi connectivity index (χ2v) is 7.58. The molecule has 0 spiro atoms. The van der Waals surface area contributed by atoms with E-state index in [1.54, 1.807) is 11.0 Å². The van der Waals surface area contributed by atoms with Crippen LogP contribution in [-0.4, -0.2) is 18.4 Å². The normalized spacial score (nSPS) is 17.0. The molecule has 0 aromatic heterocycles. The van der Waals surface area contributed by atoms with Gasteiger partial charge in [-0.25, -0.2) is 0 Å². The molecule has 130 valence electrons. The van der Waals surface area contributed by atoms with Crippen LogP contribution >= 0.6 is 27.5 Å². The van der Waals surface area contributed by atoms with E-state index in [1.165, 1.54) is 0 Å². The van der Waals surface area contributed by atoms with Crippen LogP contribution in [0.4, 0.5) is 11.4 Å². The summed E-state index contributed by atoms with van der Waals surface area (Å²) in [4.78, 5) is 26.6. The number of aryl methyl sites for hydroxylation is 2. The molecule has 0 saturated carbocycles. The van der Waals surface area contributed by atoms with Gasteiger partial charge in [-0.15, -0.1) is 0 Å². The Balaban J connectivity index is 1.74. The summed E-state index contributed by atoms with van der Waals surface area (Å²) in [5, 5.41) is 3.43. The molecule has 0 radical (unpaired) electrons. The number of hydrogen-bond acceptors (Lipinski definition) is 2. The lowest BCUT2D eigenvalue weighted by molar-refractivity contribution is -0.122. The summed E-state index contributed by atoms with van der Waals surface area (Å²) in [5.74, 6) is -0.573. The van der Waals surface area contributed by atoms with Gasteiger partial charge in [-0.3, -0.25) is 9.59 Å². The maximum Gasteiger partial charge on any atom is 0.229 e. The first-order chi connectivity index (χ1) is 11.8. The molecule has 1 aliphatic rings. The summed E-state index contributed by atoms with van der Waals surface area (Å²) in [6.45, 7) is 4.27. The van der Waals surface area contributed by atoms with Gasteiger partial charge in [0.05, 0.1) is 10.9 Å². The van der Waals surface area contributed by atoms with E-state index < -0.39 is 0 Å². The number of nitrogens with one attached hydrogen (secondary N) is 1. The maximum atomic E-state index is 12.6. The van der Waals surface area contributed by atoms with Crippen molar-refractivity contribution >= 4 is 50.7 Å². The molecule has 1 atom stereocenters. The molecule has 1 fully saturated rings. The predicted octanol–water partition coefficient (Wildman–Crippen LogP) is 4.71. The van der Waals surface area contributed by atoms with Gasteiger partial charge in [0, 0.05) is 28.8 Å². The highest BCUT2D eigenvalue weighted by Gasteiger charge is 2.35. The third kappa shape index (κ3) is 3.88. The first-order valence-electron chi connectivity index (χ1n) is 7.98. The Morgan fingerprint density at radius 2 is 2.04 bits per heavy atom. The van der Waals surface area contributed by atoms with Gasteiger partial charge in [-0.2, -0.15) is 0 Å². The number of anilines is 2. The van der Waals surface area contributed by atoms with E-state index in [0.717, 1.165) is 21.3 Å². The fraction of sp³-hybridized carbons (Fsp3) is 0.263. The molecule has 1 N–H and O–H groups in total. The van der Waals surface area contributed by atoms with Gasteiger partial charge >= 0.3 is 0 Å². The van der Waals surface area contributed by atoms with E-state index in [2.05, 4.69) is 21.2 Å². The molecule has 4 nitrogen and oxygen atoms in total. The van der Waals surface area contributed by atoms with Crippen LogP contribution in [0, 0.1) is 19.8 Å². The van der Waals surface area contributed by atoms with E-state index in [4.69, 9.17) is 11.6 Å². The molecule has 2 amide bonds. The molecule has 0 unspecified atom stereocenters. The summed E-state index contributed by atoms with van der Waals surface area (Å²) in [7, 11) is 0. The average molecular weight is 422 g/mol. The smallest absolute Gasteiger partial charge is 0.229 e. The van der Waals surface area contributed by atoms with Crippen molar-refractivity contribution in [3.63, 3.8) is 0 Å². The van der Waals surface area contributed by atoms with Gasteiger partial charge in [-0.05, 0) is 65.2 Å². The molecular formula is C19H18BrClN2O2. The summed E-state index contributed by atoms with van der Waals surface area (Å²) >= 11 is 9.47. The summed E-state index contributed by atoms with van der Waals surface area (Å²) < 4.78 is 0.784. The fourth-order valence-electron chi connectivity index (χ4n) is 2.94. The summed E-state index contributed by atoms with van der Waals surface area (Å²) in [6, 6.07) is 11.3.